The number of aromatic nitrogens is 1. The van der Waals surface area contributed by atoms with Crippen molar-refractivity contribution < 1.29 is 4.79 Å². The number of amides is 1. The number of nitrogens with one attached hydrogen (secondary N) is 1. The zero-order valence-electron chi connectivity index (χ0n) is 12.5. The van der Waals surface area contributed by atoms with Crippen LogP contribution in [0.5, 0.6) is 0 Å². The molecule has 0 saturated carbocycles. The van der Waals surface area contributed by atoms with Crippen LogP contribution in [0, 0.1) is 13.8 Å². The van der Waals surface area contributed by atoms with Gasteiger partial charge in [0.2, 0.25) is 0 Å². The van der Waals surface area contributed by atoms with E-state index in [2.05, 4.69) is 5.32 Å². The van der Waals surface area contributed by atoms with E-state index in [0.717, 1.165) is 10.9 Å². The zero-order valence-corrected chi connectivity index (χ0v) is 12.5. The van der Waals surface area contributed by atoms with Crippen molar-refractivity contribution in [3.63, 3.8) is 0 Å². The number of aryl methyl sites for hydroxylation is 1. The molecule has 0 bridgehead atoms. The Morgan fingerprint density at radius 1 is 0.909 bits per heavy atom. The number of pyridine rings is 1. The summed E-state index contributed by atoms with van der Waals surface area (Å²) in [6.07, 6.45) is 0. The van der Waals surface area contributed by atoms with Gasteiger partial charge >= 0.3 is 6.03 Å². The Morgan fingerprint density at radius 3 is 2.27 bits per heavy atom. The second kappa shape index (κ2) is 5.48. The third-order valence-electron chi connectivity index (χ3n) is 3.86. The monoisotopic (exact) mass is 292 g/mol. The Kier molecular flexibility index (Phi) is 3.51. The van der Waals surface area contributed by atoms with Crippen LogP contribution < -0.4 is 10.9 Å². The first kappa shape index (κ1) is 14.1. The average Bonchev–Trinajstić information content (AvgIpc) is 2.54. The summed E-state index contributed by atoms with van der Waals surface area (Å²) in [5, 5.41) is 3.67. The van der Waals surface area contributed by atoms with E-state index in [9.17, 15) is 9.59 Å². The highest BCUT2D eigenvalue weighted by molar-refractivity contribution is 5.98. The van der Waals surface area contributed by atoms with Gasteiger partial charge in [-0.2, -0.15) is 0 Å². The Hall–Kier alpha value is -2.88. The molecule has 0 aliphatic rings. The highest BCUT2D eigenvalue weighted by Crippen LogP contribution is 2.19. The number of anilines is 1. The number of benzene rings is 2. The molecule has 0 radical (unpaired) electrons. The van der Waals surface area contributed by atoms with E-state index in [1.165, 1.54) is 4.57 Å². The summed E-state index contributed by atoms with van der Waals surface area (Å²) in [7, 11) is 0. The molecule has 2 aromatic carbocycles. The van der Waals surface area contributed by atoms with Crippen LogP contribution in [-0.4, -0.2) is 10.6 Å². The Labute approximate surface area is 128 Å². The summed E-state index contributed by atoms with van der Waals surface area (Å²) in [6.45, 7) is 3.65. The molecule has 4 nitrogen and oxygen atoms in total. The summed E-state index contributed by atoms with van der Waals surface area (Å²) in [5.74, 6) is 0. The maximum atomic E-state index is 12.6. The fourth-order valence-corrected chi connectivity index (χ4v) is 2.53. The van der Waals surface area contributed by atoms with Crippen molar-refractivity contribution in [3.05, 3.63) is 76.1 Å². The van der Waals surface area contributed by atoms with E-state index in [1.807, 2.05) is 43.3 Å². The summed E-state index contributed by atoms with van der Waals surface area (Å²) < 4.78 is 1.20. The smallest absolute Gasteiger partial charge is 0.307 e. The molecule has 0 fully saturated rings. The van der Waals surface area contributed by atoms with Gasteiger partial charge in [-0.05, 0) is 37.6 Å². The molecule has 1 aromatic heterocycles. The molecule has 1 amide bonds. The summed E-state index contributed by atoms with van der Waals surface area (Å²) >= 11 is 0. The van der Waals surface area contributed by atoms with Crippen molar-refractivity contribution in [1.29, 1.82) is 0 Å². The molecule has 22 heavy (non-hydrogen) atoms. The average molecular weight is 292 g/mol. The number of rotatable bonds is 1. The minimum absolute atomic E-state index is 0.287. The van der Waals surface area contributed by atoms with E-state index in [4.69, 9.17) is 0 Å². The van der Waals surface area contributed by atoms with Crippen LogP contribution in [0.3, 0.4) is 0 Å². The molecule has 110 valence electrons. The van der Waals surface area contributed by atoms with Gasteiger partial charge in [0.05, 0.1) is 5.52 Å². The first-order valence-corrected chi connectivity index (χ1v) is 7.07. The van der Waals surface area contributed by atoms with Gasteiger partial charge in [-0.3, -0.25) is 4.79 Å². The van der Waals surface area contributed by atoms with E-state index in [1.54, 1.807) is 25.1 Å². The molecule has 0 spiro atoms. The number of carbonyl (C=O) groups is 1. The van der Waals surface area contributed by atoms with E-state index < -0.39 is 6.03 Å². The van der Waals surface area contributed by atoms with Crippen LogP contribution in [0.2, 0.25) is 0 Å². The largest absolute Gasteiger partial charge is 0.333 e. The second-order valence-electron chi connectivity index (χ2n) is 5.20. The number of fused-ring (bicyclic) bond motifs is 1. The zero-order chi connectivity index (χ0) is 15.7. The van der Waals surface area contributed by atoms with Gasteiger partial charge in [-0.15, -0.1) is 0 Å². The predicted molar refractivity (Wildman–Crippen MR) is 88.5 cm³/mol. The predicted octanol–water partition coefficient (Wildman–Crippen LogP) is 3.70. The van der Waals surface area contributed by atoms with Crippen molar-refractivity contribution in [2.45, 2.75) is 13.8 Å². The van der Waals surface area contributed by atoms with Crippen LogP contribution in [0.4, 0.5) is 10.5 Å². The van der Waals surface area contributed by atoms with Crippen molar-refractivity contribution in [3.8, 4) is 0 Å². The number of carbonyl (C=O) groups excluding carboxylic acids is 1. The Morgan fingerprint density at radius 2 is 1.55 bits per heavy atom. The van der Waals surface area contributed by atoms with Crippen molar-refractivity contribution >= 4 is 22.6 Å². The minimum atomic E-state index is -0.449. The Bertz CT molecular complexity index is 912. The van der Waals surface area contributed by atoms with Crippen molar-refractivity contribution in [1.82, 2.24) is 4.57 Å². The molecular formula is C18H16N2O2. The molecule has 0 aliphatic carbocycles. The van der Waals surface area contributed by atoms with Crippen LogP contribution in [0.1, 0.15) is 11.1 Å². The lowest BCUT2D eigenvalue weighted by Gasteiger charge is -2.14. The molecule has 1 N–H and O–H groups in total. The van der Waals surface area contributed by atoms with Crippen molar-refractivity contribution in [2.75, 3.05) is 5.32 Å². The standard InChI is InChI=1S/C18H16N2O2/c1-12-13(2)17(21)20(16-11-7-6-10-15(12)16)18(22)19-14-8-4-3-5-9-14/h3-11H,1-2H3,(H,19,22). The molecular weight excluding hydrogens is 276 g/mol. The summed E-state index contributed by atoms with van der Waals surface area (Å²) in [6, 6.07) is 16.1. The van der Waals surface area contributed by atoms with Gasteiger partial charge in [-0.25, -0.2) is 9.36 Å². The molecule has 0 unspecified atom stereocenters. The lowest BCUT2D eigenvalue weighted by atomic mass is 10.1. The van der Waals surface area contributed by atoms with E-state index in [-0.39, 0.29) is 5.56 Å². The third kappa shape index (κ3) is 2.29. The number of hydrogen-bond donors (Lipinski definition) is 1. The van der Waals surface area contributed by atoms with Crippen LogP contribution in [0.15, 0.2) is 59.4 Å². The van der Waals surface area contributed by atoms with Gasteiger partial charge in [0.25, 0.3) is 5.56 Å². The molecule has 0 aliphatic heterocycles. The fraction of sp³-hybridized carbons (Fsp3) is 0.111. The quantitative estimate of drug-likeness (QED) is 0.743. The molecule has 3 rings (SSSR count). The summed E-state index contributed by atoms with van der Waals surface area (Å²) in [5.41, 5.74) is 2.47. The SMILES string of the molecule is Cc1c(C)c2ccccc2n(C(=O)Nc2ccccc2)c1=O. The lowest BCUT2D eigenvalue weighted by Crippen LogP contribution is -2.33. The van der Waals surface area contributed by atoms with Gasteiger partial charge in [-0.1, -0.05) is 36.4 Å². The van der Waals surface area contributed by atoms with Crippen LogP contribution >= 0.6 is 0 Å². The first-order valence-electron chi connectivity index (χ1n) is 7.07. The maximum Gasteiger partial charge on any atom is 0.333 e. The normalized spacial score (nSPS) is 10.6. The van der Waals surface area contributed by atoms with Gasteiger partial charge < -0.3 is 5.32 Å². The number of para-hydroxylation sites is 2. The van der Waals surface area contributed by atoms with E-state index in [0.29, 0.717) is 16.8 Å². The highest BCUT2D eigenvalue weighted by atomic mass is 16.2. The summed E-state index contributed by atoms with van der Waals surface area (Å²) in [4.78, 5) is 25.1. The second-order valence-corrected chi connectivity index (χ2v) is 5.20. The lowest BCUT2D eigenvalue weighted by molar-refractivity contribution is 0.253. The van der Waals surface area contributed by atoms with Gasteiger partial charge in [0.15, 0.2) is 0 Å². The molecule has 0 atom stereocenters. The molecule has 1 heterocycles. The maximum absolute atomic E-state index is 12.6. The highest BCUT2D eigenvalue weighted by Gasteiger charge is 2.15. The third-order valence-corrected chi connectivity index (χ3v) is 3.86. The van der Waals surface area contributed by atoms with Gasteiger partial charge in [0.1, 0.15) is 0 Å². The van der Waals surface area contributed by atoms with Gasteiger partial charge in [0, 0.05) is 16.6 Å². The minimum Gasteiger partial charge on any atom is -0.307 e. The van der Waals surface area contributed by atoms with E-state index >= 15 is 0 Å². The number of nitrogens with zero attached hydrogens (tertiary/aromatic N) is 1. The fourth-order valence-electron chi connectivity index (χ4n) is 2.53. The molecule has 0 saturated heterocycles. The Balaban J connectivity index is 2.18. The molecule has 3 aromatic rings. The molecule has 4 heteroatoms. The van der Waals surface area contributed by atoms with Crippen molar-refractivity contribution in [2.24, 2.45) is 0 Å². The van der Waals surface area contributed by atoms with Crippen LogP contribution in [-0.2, 0) is 0 Å². The van der Waals surface area contributed by atoms with Crippen LogP contribution in [0.25, 0.3) is 10.9 Å². The topological polar surface area (TPSA) is 51.1 Å². The first-order chi connectivity index (χ1) is 10.6. The number of hydrogen-bond acceptors (Lipinski definition) is 2.